The third-order valence-electron chi connectivity index (χ3n) is 4.69. The van der Waals surface area contributed by atoms with Crippen LogP contribution in [0.25, 0.3) is 11.0 Å². The minimum absolute atomic E-state index is 0.0722. The van der Waals surface area contributed by atoms with Gasteiger partial charge in [-0.3, -0.25) is 0 Å². The summed E-state index contributed by atoms with van der Waals surface area (Å²) in [6.07, 6.45) is 1.76. The van der Waals surface area contributed by atoms with E-state index in [1.54, 1.807) is 17.5 Å². The van der Waals surface area contributed by atoms with Crippen molar-refractivity contribution in [3.8, 4) is 0 Å². The number of aromatic nitrogens is 4. The lowest BCUT2D eigenvalue weighted by Gasteiger charge is -2.31. The van der Waals surface area contributed by atoms with Gasteiger partial charge in [0.15, 0.2) is 5.82 Å². The molecular weight excluding hydrogens is 389 g/mol. The molecular formula is C18H13Cl2N5S. The third-order valence-corrected chi connectivity index (χ3v) is 6.16. The van der Waals surface area contributed by atoms with E-state index in [-0.39, 0.29) is 12.0 Å². The van der Waals surface area contributed by atoms with Gasteiger partial charge in [0, 0.05) is 22.5 Å². The minimum atomic E-state index is -0.105. The standard InChI is InChI=1S/C18H13Cl2N5S/c1-9-16(18-23-13-7-26-8-14(13)24-18)17(25-15(22-9)4-5-21-25)10-2-3-11(19)12(20)6-10/h2-8,16-17H,1H3,(H,23,24). The van der Waals surface area contributed by atoms with Crippen molar-refractivity contribution < 1.29 is 0 Å². The van der Waals surface area contributed by atoms with Gasteiger partial charge in [-0.1, -0.05) is 29.3 Å². The molecule has 5 rings (SSSR count). The fourth-order valence-corrected chi connectivity index (χ4v) is 4.52. The number of imidazole rings is 1. The predicted octanol–water partition coefficient (Wildman–Crippen LogP) is 5.61. The van der Waals surface area contributed by atoms with Crippen LogP contribution in [0, 0.1) is 0 Å². The van der Waals surface area contributed by atoms with Crippen molar-refractivity contribution in [1.82, 2.24) is 19.7 Å². The largest absolute Gasteiger partial charge is 0.341 e. The number of halogens is 2. The van der Waals surface area contributed by atoms with Crippen LogP contribution in [0.2, 0.25) is 10.0 Å². The van der Waals surface area contributed by atoms with E-state index in [0.717, 1.165) is 34.0 Å². The molecule has 1 aromatic carbocycles. The van der Waals surface area contributed by atoms with E-state index < -0.39 is 0 Å². The molecule has 0 bridgehead atoms. The van der Waals surface area contributed by atoms with Gasteiger partial charge in [0.2, 0.25) is 0 Å². The summed E-state index contributed by atoms with van der Waals surface area (Å²) in [4.78, 5) is 13.0. The van der Waals surface area contributed by atoms with Crippen LogP contribution in [-0.2, 0) is 0 Å². The lowest BCUT2D eigenvalue weighted by atomic mass is 9.87. The van der Waals surface area contributed by atoms with Crippen LogP contribution in [0.1, 0.15) is 30.3 Å². The predicted molar refractivity (Wildman–Crippen MR) is 106 cm³/mol. The highest BCUT2D eigenvalue weighted by Crippen LogP contribution is 2.42. The number of H-pyrrole nitrogens is 1. The number of hydrogen-bond donors (Lipinski definition) is 1. The molecule has 2 atom stereocenters. The maximum Gasteiger partial charge on any atom is 0.150 e. The summed E-state index contributed by atoms with van der Waals surface area (Å²) in [6, 6.07) is 7.51. The first-order valence-electron chi connectivity index (χ1n) is 8.07. The Morgan fingerprint density at radius 2 is 2.04 bits per heavy atom. The summed E-state index contributed by atoms with van der Waals surface area (Å²) in [6.45, 7) is 2.03. The normalized spacial score (nSPS) is 19.6. The Balaban J connectivity index is 1.72. The molecule has 1 N–H and O–H groups in total. The molecule has 0 fully saturated rings. The second-order valence-corrected chi connectivity index (χ2v) is 7.83. The molecule has 26 heavy (non-hydrogen) atoms. The van der Waals surface area contributed by atoms with Crippen LogP contribution in [-0.4, -0.2) is 25.5 Å². The van der Waals surface area contributed by atoms with Gasteiger partial charge < -0.3 is 4.98 Å². The van der Waals surface area contributed by atoms with E-state index in [1.807, 2.05) is 41.3 Å². The van der Waals surface area contributed by atoms with Crippen LogP contribution in [0.3, 0.4) is 0 Å². The first-order valence-corrected chi connectivity index (χ1v) is 9.77. The number of aromatic amines is 1. The zero-order valence-corrected chi connectivity index (χ0v) is 16.0. The molecule has 4 aromatic rings. The molecule has 0 aliphatic carbocycles. The van der Waals surface area contributed by atoms with Crippen molar-refractivity contribution in [2.24, 2.45) is 4.99 Å². The van der Waals surface area contributed by atoms with Crippen LogP contribution in [0.4, 0.5) is 5.82 Å². The lowest BCUT2D eigenvalue weighted by Crippen LogP contribution is -2.29. The van der Waals surface area contributed by atoms with E-state index in [1.165, 1.54) is 0 Å². The summed E-state index contributed by atoms with van der Waals surface area (Å²) >= 11 is 14.1. The highest BCUT2D eigenvalue weighted by Gasteiger charge is 2.36. The van der Waals surface area contributed by atoms with Gasteiger partial charge >= 0.3 is 0 Å². The van der Waals surface area contributed by atoms with Crippen molar-refractivity contribution >= 4 is 57.1 Å². The second-order valence-electron chi connectivity index (χ2n) is 6.28. The lowest BCUT2D eigenvalue weighted by molar-refractivity contribution is 0.478. The Hall–Kier alpha value is -2.15. The number of nitrogens with zero attached hydrogens (tertiary/aromatic N) is 4. The van der Waals surface area contributed by atoms with Gasteiger partial charge in [-0.15, -0.1) is 11.3 Å². The van der Waals surface area contributed by atoms with Gasteiger partial charge in [0.1, 0.15) is 5.82 Å². The first kappa shape index (κ1) is 16.1. The van der Waals surface area contributed by atoms with Crippen molar-refractivity contribution in [3.63, 3.8) is 0 Å². The quantitative estimate of drug-likeness (QED) is 0.474. The molecule has 8 heteroatoms. The molecule has 0 spiro atoms. The van der Waals surface area contributed by atoms with E-state index in [2.05, 4.69) is 15.5 Å². The highest BCUT2D eigenvalue weighted by atomic mass is 35.5. The third kappa shape index (κ3) is 2.40. The zero-order chi connectivity index (χ0) is 17.8. The fraction of sp³-hybridized carbons (Fsp3) is 0.167. The maximum absolute atomic E-state index is 6.30. The number of rotatable bonds is 2. The number of benzene rings is 1. The van der Waals surface area contributed by atoms with Crippen molar-refractivity contribution in [3.05, 3.63) is 62.7 Å². The average molecular weight is 402 g/mol. The molecule has 4 heterocycles. The number of hydrogen-bond acceptors (Lipinski definition) is 4. The van der Waals surface area contributed by atoms with E-state index in [0.29, 0.717) is 10.0 Å². The fourth-order valence-electron chi connectivity index (χ4n) is 3.52. The number of aliphatic imine (C=N–C) groups is 1. The van der Waals surface area contributed by atoms with Gasteiger partial charge in [-0.25, -0.2) is 14.7 Å². The Morgan fingerprint density at radius 3 is 2.85 bits per heavy atom. The van der Waals surface area contributed by atoms with Crippen molar-refractivity contribution in [1.29, 1.82) is 0 Å². The monoisotopic (exact) mass is 401 g/mol. The molecule has 1 aliphatic rings. The summed E-state index contributed by atoms with van der Waals surface area (Å²) in [7, 11) is 0. The molecule has 0 saturated heterocycles. The van der Waals surface area contributed by atoms with Crippen molar-refractivity contribution in [2.75, 3.05) is 0 Å². The molecule has 0 radical (unpaired) electrons. The first-order chi connectivity index (χ1) is 12.6. The molecule has 5 nitrogen and oxygen atoms in total. The zero-order valence-electron chi connectivity index (χ0n) is 13.6. The van der Waals surface area contributed by atoms with Gasteiger partial charge in [-0.05, 0) is 24.6 Å². The second kappa shape index (κ2) is 5.94. The molecule has 0 saturated carbocycles. The summed E-state index contributed by atoms with van der Waals surface area (Å²) < 4.78 is 1.92. The van der Waals surface area contributed by atoms with Crippen LogP contribution < -0.4 is 0 Å². The number of thiophene rings is 1. The van der Waals surface area contributed by atoms with E-state index >= 15 is 0 Å². The SMILES string of the molecule is CC1=Nc2ccnn2C(c2ccc(Cl)c(Cl)c2)C1c1nc2cscc2[nH]1. The van der Waals surface area contributed by atoms with Gasteiger partial charge in [0.25, 0.3) is 0 Å². The van der Waals surface area contributed by atoms with Crippen molar-refractivity contribution in [2.45, 2.75) is 18.9 Å². The maximum atomic E-state index is 6.30. The average Bonchev–Trinajstić information content (AvgIpc) is 3.31. The molecule has 2 unspecified atom stereocenters. The minimum Gasteiger partial charge on any atom is -0.341 e. The molecule has 130 valence electrons. The Morgan fingerprint density at radius 1 is 1.15 bits per heavy atom. The topological polar surface area (TPSA) is 58.9 Å². The van der Waals surface area contributed by atoms with E-state index in [4.69, 9.17) is 33.2 Å². The summed E-state index contributed by atoms with van der Waals surface area (Å²) in [5, 5.41) is 9.68. The highest BCUT2D eigenvalue weighted by molar-refractivity contribution is 7.09. The molecule has 0 amide bonds. The summed E-state index contributed by atoms with van der Waals surface area (Å²) in [5.41, 5.74) is 4.01. The van der Waals surface area contributed by atoms with E-state index in [9.17, 15) is 0 Å². The van der Waals surface area contributed by atoms with Gasteiger partial charge in [0.05, 0.1) is 39.2 Å². The van der Waals surface area contributed by atoms with Crippen LogP contribution in [0.5, 0.6) is 0 Å². The number of nitrogens with one attached hydrogen (secondary N) is 1. The summed E-state index contributed by atoms with van der Waals surface area (Å²) in [5.74, 6) is 1.63. The van der Waals surface area contributed by atoms with Crippen LogP contribution >= 0.6 is 34.5 Å². The smallest absolute Gasteiger partial charge is 0.150 e. The molecule has 1 aliphatic heterocycles. The molecule has 3 aromatic heterocycles. The Bertz CT molecular complexity index is 1130. The number of fused-ring (bicyclic) bond motifs is 2. The van der Waals surface area contributed by atoms with Gasteiger partial charge in [-0.2, -0.15) is 5.10 Å². The van der Waals surface area contributed by atoms with Crippen LogP contribution in [0.15, 0.2) is 46.2 Å². The Labute approximate surface area is 163 Å². The Kier molecular flexibility index (Phi) is 3.67.